The van der Waals surface area contributed by atoms with E-state index in [0.29, 0.717) is 27.8 Å². The summed E-state index contributed by atoms with van der Waals surface area (Å²) in [5, 5.41) is 15.2. The van der Waals surface area contributed by atoms with Crippen LogP contribution in [0.15, 0.2) is 35.2 Å². The molecule has 0 saturated heterocycles. The lowest BCUT2D eigenvalue weighted by Gasteiger charge is -2.37. The second kappa shape index (κ2) is 11.6. The fourth-order valence-corrected chi connectivity index (χ4v) is 4.14. The topological polar surface area (TPSA) is 94.4 Å². The number of aromatic amines is 1. The number of methoxy groups -OCH3 is 1. The molecule has 3 heterocycles. The molecule has 3 aromatic heterocycles. The molecule has 0 aliphatic rings. The predicted molar refractivity (Wildman–Crippen MR) is 152 cm³/mol. The summed E-state index contributed by atoms with van der Waals surface area (Å²) in [6, 6.07) is 2.96. The number of aryl methyl sites for hydroxylation is 1. The summed E-state index contributed by atoms with van der Waals surface area (Å²) in [6.07, 6.45) is 4.91. The lowest BCUT2D eigenvalue weighted by molar-refractivity contribution is -0.0893. The van der Waals surface area contributed by atoms with Gasteiger partial charge in [0.15, 0.2) is 23.1 Å². The number of nitrogens with one attached hydrogen (secondary N) is 1. The van der Waals surface area contributed by atoms with Gasteiger partial charge in [-0.15, -0.1) is 0 Å². The van der Waals surface area contributed by atoms with Gasteiger partial charge >= 0.3 is 7.48 Å². The Labute approximate surface area is 240 Å². The van der Waals surface area contributed by atoms with Crippen LogP contribution in [0.4, 0.5) is 8.78 Å². The molecule has 209 valence electrons. The molecule has 40 heavy (non-hydrogen) atoms. The summed E-state index contributed by atoms with van der Waals surface area (Å²) in [5.74, 6) is 3.63. The molecule has 1 aromatic carbocycles. The number of fused-ring (bicyclic) bond motifs is 1. The molecule has 0 saturated carbocycles. The minimum Gasteiger partial charge on any atom is -0.494 e. The zero-order valence-corrected chi connectivity index (χ0v) is 24.6. The van der Waals surface area contributed by atoms with Crippen LogP contribution in [-0.2, 0) is 18.1 Å². The average Bonchev–Trinajstić information content (AvgIpc) is 3.44. The van der Waals surface area contributed by atoms with E-state index < -0.39 is 22.8 Å². The van der Waals surface area contributed by atoms with Gasteiger partial charge in [0, 0.05) is 49.1 Å². The average molecular weight is 614 g/mol. The van der Waals surface area contributed by atoms with Crippen molar-refractivity contribution in [2.45, 2.75) is 45.3 Å². The van der Waals surface area contributed by atoms with E-state index in [1.165, 1.54) is 14.6 Å². The summed E-state index contributed by atoms with van der Waals surface area (Å²) in [5.41, 5.74) is 0.111. The minimum atomic E-state index is -1.09. The number of halogens is 3. The third-order valence-corrected chi connectivity index (χ3v) is 7.28. The maximum Gasteiger partial charge on any atom is 0.332 e. The van der Waals surface area contributed by atoms with Gasteiger partial charge in [0.25, 0.3) is 0 Å². The minimum absolute atomic E-state index is 0.0983. The van der Waals surface area contributed by atoms with Gasteiger partial charge < -0.3 is 24.2 Å². The van der Waals surface area contributed by atoms with Crippen LogP contribution in [0, 0.1) is 23.5 Å². The number of hydrogen-bond acceptors (Lipinski definition) is 6. The predicted octanol–water partition coefficient (Wildman–Crippen LogP) is 4.18. The molecule has 0 spiro atoms. The van der Waals surface area contributed by atoms with Crippen molar-refractivity contribution >= 4 is 39.9 Å². The Bertz CT molecular complexity index is 1600. The Morgan fingerprint density at radius 2 is 1.90 bits per heavy atom. The number of rotatable bonds is 9. The fraction of sp³-hybridized carbons (Fsp3) is 0.357. The molecule has 0 atom stereocenters. The number of benzene rings is 1. The Morgan fingerprint density at radius 1 is 1.18 bits per heavy atom. The second-order valence-electron chi connectivity index (χ2n) is 10.2. The van der Waals surface area contributed by atoms with E-state index in [4.69, 9.17) is 14.1 Å². The molecule has 8 nitrogen and oxygen atoms in total. The first-order valence-electron chi connectivity index (χ1n) is 12.4. The van der Waals surface area contributed by atoms with Crippen LogP contribution in [0.1, 0.15) is 44.5 Å². The number of aliphatic hydroxyl groups is 1. The molecule has 12 heteroatoms. The molecule has 0 unspecified atom stereocenters. The highest BCUT2D eigenvalue weighted by Gasteiger charge is 2.35. The molecule has 0 amide bonds. The van der Waals surface area contributed by atoms with Crippen molar-refractivity contribution in [3.8, 4) is 23.3 Å². The maximum absolute atomic E-state index is 15.5. The normalized spacial score (nSPS) is 11.8. The molecule has 0 aliphatic heterocycles. The van der Waals surface area contributed by atoms with E-state index in [-0.39, 0.29) is 30.1 Å². The first-order chi connectivity index (χ1) is 18.8. The smallest absolute Gasteiger partial charge is 0.332 e. The van der Waals surface area contributed by atoms with Crippen molar-refractivity contribution in [2.24, 2.45) is 7.05 Å². The molecular formula is C28H29BBrF2N4O4. The second-order valence-corrected chi connectivity index (χ2v) is 11.1. The number of hydrogen-bond donors (Lipinski definition) is 2. The third kappa shape index (κ3) is 6.32. The largest absolute Gasteiger partial charge is 0.494 e. The number of ether oxygens (including phenoxy) is 2. The molecule has 0 bridgehead atoms. The van der Waals surface area contributed by atoms with Crippen molar-refractivity contribution < 1.29 is 28.0 Å². The van der Waals surface area contributed by atoms with Gasteiger partial charge in [-0.1, -0.05) is 12.0 Å². The first-order valence-corrected chi connectivity index (χ1v) is 13.1. The summed E-state index contributed by atoms with van der Waals surface area (Å²) in [7, 11) is 4.57. The Balaban J connectivity index is 1.58. The first kappa shape index (κ1) is 29.6. The highest BCUT2D eigenvalue weighted by molar-refractivity contribution is 9.10. The molecular weight excluding hydrogens is 585 g/mol. The molecule has 0 aliphatic carbocycles. The highest BCUT2D eigenvalue weighted by Crippen LogP contribution is 2.34. The number of nitrogens with zero attached hydrogens (tertiary/aromatic N) is 3. The van der Waals surface area contributed by atoms with E-state index in [1.54, 1.807) is 64.1 Å². The summed E-state index contributed by atoms with van der Waals surface area (Å²) < 4.78 is 49.7. The van der Waals surface area contributed by atoms with Crippen LogP contribution in [0.5, 0.6) is 11.5 Å². The highest BCUT2D eigenvalue weighted by atomic mass is 79.9. The lowest BCUT2D eigenvalue weighted by Crippen LogP contribution is -2.49. The van der Waals surface area contributed by atoms with Crippen molar-refractivity contribution in [2.75, 3.05) is 13.7 Å². The lowest BCUT2D eigenvalue weighted by atomic mass is 9.83. The summed E-state index contributed by atoms with van der Waals surface area (Å²) in [6.45, 7) is 6.72. The van der Waals surface area contributed by atoms with Gasteiger partial charge in [-0.05, 0) is 60.6 Å². The number of pyridine rings is 1. The van der Waals surface area contributed by atoms with E-state index >= 15 is 8.78 Å². The maximum atomic E-state index is 15.5. The Kier molecular flexibility index (Phi) is 8.59. The van der Waals surface area contributed by atoms with Crippen molar-refractivity contribution in [3.05, 3.63) is 63.7 Å². The van der Waals surface area contributed by atoms with Gasteiger partial charge in [0.2, 0.25) is 0 Å². The van der Waals surface area contributed by atoms with Crippen LogP contribution in [0.2, 0.25) is 0 Å². The quantitative estimate of drug-likeness (QED) is 0.217. The molecule has 4 aromatic rings. The van der Waals surface area contributed by atoms with Gasteiger partial charge in [0.05, 0.1) is 22.8 Å². The van der Waals surface area contributed by atoms with Crippen molar-refractivity contribution in [1.29, 1.82) is 0 Å². The zero-order chi connectivity index (χ0) is 29.2. The van der Waals surface area contributed by atoms with Crippen LogP contribution < -0.4 is 14.9 Å². The number of H-pyrrole nitrogens is 1. The van der Waals surface area contributed by atoms with Crippen LogP contribution in [-0.4, -0.2) is 57.3 Å². The van der Waals surface area contributed by atoms with Crippen LogP contribution in [0.3, 0.4) is 0 Å². The molecule has 0 fully saturated rings. The van der Waals surface area contributed by atoms with E-state index in [2.05, 4.69) is 42.8 Å². The third-order valence-electron chi connectivity index (χ3n) is 6.70. The van der Waals surface area contributed by atoms with Crippen molar-refractivity contribution in [1.82, 2.24) is 19.7 Å². The summed E-state index contributed by atoms with van der Waals surface area (Å²) in [4.78, 5) is 7.43. The van der Waals surface area contributed by atoms with Gasteiger partial charge in [-0.2, -0.15) is 5.10 Å². The van der Waals surface area contributed by atoms with Gasteiger partial charge in [0.1, 0.15) is 17.9 Å². The fourth-order valence-electron chi connectivity index (χ4n) is 3.66. The standard InChI is InChI=1S/C28H29BBrF2N4O4/c1-27(2,37)28(3,4)40-29-17-11-18-16(13-33-26(18)34-14-17)10-19-24(31)22(38-6)12-23(25(19)32)39-9-7-8-21-20(30)15-36(5)35-21/h11-15,37H,9-10H2,1-6H3,(H,33,34). The molecule has 2 N–H and O–H groups in total. The molecule has 4 rings (SSSR count). The van der Waals surface area contributed by atoms with Gasteiger partial charge in [-0.3, -0.25) is 4.68 Å². The zero-order valence-electron chi connectivity index (χ0n) is 23.0. The Hall–Kier alpha value is -3.40. The monoisotopic (exact) mass is 613 g/mol. The van der Waals surface area contributed by atoms with E-state index in [1.807, 2.05) is 0 Å². The van der Waals surface area contributed by atoms with E-state index in [9.17, 15) is 5.11 Å². The Morgan fingerprint density at radius 3 is 2.55 bits per heavy atom. The SMILES string of the molecule is COc1cc(OCC#Cc2nn(C)cc2Br)c(F)c(Cc2c[nH]c3ncc([B]OC(C)(C)C(C)(C)O)cc23)c1F. The number of aromatic nitrogens is 4. The summed E-state index contributed by atoms with van der Waals surface area (Å²) >= 11 is 3.37. The van der Waals surface area contributed by atoms with Gasteiger partial charge in [-0.25, -0.2) is 13.8 Å². The van der Waals surface area contributed by atoms with Crippen LogP contribution in [0.25, 0.3) is 11.0 Å². The van der Waals surface area contributed by atoms with Crippen molar-refractivity contribution in [3.63, 3.8) is 0 Å². The van der Waals surface area contributed by atoms with Crippen LogP contribution >= 0.6 is 15.9 Å². The molecule has 1 radical (unpaired) electrons. The van der Waals surface area contributed by atoms with E-state index in [0.717, 1.165) is 10.5 Å².